The van der Waals surface area contributed by atoms with Crippen LogP contribution >= 0.6 is 0 Å². The van der Waals surface area contributed by atoms with Crippen molar-refractivity contribution in [2.45, 2.75) is 12.8 Å². The Hall–Kier alpha value is -7.88. The largest absolute Gasteiger partial charge is 0.456 e. The summed E-state index contributed by atoms with van der Waals surface area (Å²) in [5.41, 5.74) is 16.3. The Balaban J connectivity index is 0.906. The number of furan rings is 1. The summed E-state index contributed by atoms with van der Waals surface area (Å²) in [6, 6.07) is 76.9. The van der Waals surface area contributed by atoms with E-state index in [1.54, 1.807) is 0 Å². The molecule has 0 radical (unpaired) electrons. The highest BCUT2D eigenvalue weighted by atomic mass is 16.3. The number of fused-ring (bicyclic) bond motifs is 7. The molecule has 3 heteroatoms. The normalized spacial score (nSPS) is 12.6. The number of para-hydroxylation sites is 2. The van der Waals surface area contributed by atoms with Crippen LogP contribution in [0, 0.1) is 0 Å². The Kier molecular flexibility index (Phi) is 8.31. The van der Waals surface area contributed by atoms with E-state index in [0.29, 0.717) is 0 Å². The van der Waals surface area contributed by atoms with Crippen LogP contribution in [0.2, 0.25) is 0 Å². The third-order valence-electron chi connectivity index (χ3n) is 12.5. The fourth-order valence-electron chi connectivity index (χ4n) is 9.49. The fourth-order valence-corrected chi connectivity index (χ4v) is 9.49. The van der Waals surface area contributed by atoms with Gasteiger partial charge in [0.15, 0.2) is 0 Å². The van der Waals surface area contributed by atoms with Gasteiger partial charge in [-0.05, 0) is 124 Å². The molecule has 2 aromatic heterocycles. The van der Waals surface area contributed by atoms with E-state index in [1.165, 1.54) is 76.9 Å². The van der Waals surface area contributed by atoms with E-state index in [9.17, 15) is 0 Å². The summed E-state index contributed by atoms with van der Waals surface area (Å²) in [6.07, 6.45) is 4.33. The molecular weight excluding hydrogens is 741 g/mol. The molecule has 12 rings (SSSR count). The van der Waals surface area contributed by atoms with Crippen molar-refractivity contribution in [2.75, 3.05) is 4.90 Å². The first-order chi connectivity index (χ1) is 30.2. The number of hydrogen-bond acceptors (Lipinski definition) is 2. The molecule has 0 fully saturated rings. The number of rotatable bonds is 7. The van der Waals surface area contributed by atoms with Gasteiger partial charge >= 0.3 is 0 Å². The zero-order valence-electron chi connectivity index (χ0n) is 33.5. The number of nitrogens with zero attached hydrogens (tertiary/aromatic N) is 2. The SMILES string of the molecule is C1=C(c2ccc(N(c3ccc(-c4ccc5c(c4)c4ccccc4n5-c4ccc(-c5ccccc5)cc4)cc3)c3ccc4ccccc4c3)cc2)c2oc3ccccc3c2CC1. The maximum atomic E-state index is 6.47. The highest BCUT2D eigenvalue weighted by Gasteiger charge is 2.22. The van der Waals surface area contributed by atoms with E-state index in [0.717, 1.165) is 46.9 Å². The van der Waals surface area contributed by atoms with Gasteiger partial charge in [-0.1, -0.05) is 146 Å². The minimum atomic E-state index is 0.958. The average Bonchev–Trinajstić information content (AvgIpc) is 3.88. The molecule has 288 valence electrons. The lowest BCUT2D eigenvalue weighted by molar-refractivity contribution is 0.591. The lowest BCUT2D eigenvalue weighted by atomic mass is 9.91. The van der Waals surface area contributed by atoms with Gasteiger partial charge in [0, 0.05) is 50.0 Å². The predicted molar refractivity (Wildman–Crippen MR) is 255 cm³/mol. The monoisotopic (exact) mass is 780 g/mol. The van der Waals surface area contributed by atoms with Crippen LogP contribution < -0.4 is 4.90 Å². The van der Waals surface area contributed by atoms with Crippen LogP contribution in [0.1, 0.15) is 23.3 Å². The molecule has 0 N–H and O–H groups in total. The first kappa shape index (κ1) is 35.1. The van der Waals surface area contributed by atoms with E-state index in [-0.39, 0.29) is 0 Å². The number of aromatic nitrogens is 1. The van der Waals surface area contributed by atoms with Crippen LogP contribution in [0.5, 0.6) is 0 Å². The van der Waals surface area contributed by atoms with Crippen LogP contribution in [0.15, 0.2) is 223 Å². The van der Waals surface area contributed by atoms with Gasteiger partial charge in [0.25, 0.3) is 0 Å². The summed E-state index contributed by atoms with van der Waals surface area (Å²) in [5, 5.41) is 6.15. The van der Waals surface area contributed by atoms with Crippen molar-refractivity contribution < 1.29 is 4.42 Å². The number of hydrogen-bond donors (Lipinski definition) is 0. The van der Waals surface area contributed by atoms with Gasteiger partial charge in [0.05, 0.1) is 11.0 Å². The minimum absolute atomic E-state index is 0.958. The van der Waals surface area contributed by atoms with Crippen LogP contribution in [0.4, 0.5) is 17.1 Å². The summed E-state index contributed by atoms with van der Waals surface area (Å²) in [6.45, 7) is 0. The smallest absolute Gasteiger partial charge is 0.138 e. The van der Waals surface area contributed by atoms with Gasteiger partial charge in [-0.2, -0.15) is 0 Å². The van der Waals surface area contributed by atoms with Gasteiger partial charge in [0.1, 0.15) is 11.3 Å². The second-order valence-electron chi connectivity index (χ2n) is 16.0. The predicted octanol–water partition coefficient (Wildman–Crippen LogP) is 15.9. The molecule has 0 aliphatic heterocycles. The van der Waals surface area contributed by atoms with Crippen molar-refractivity contribution in [3.63, 3.8) is 0 Å². The summed E-state index contributed by atoms with van der Waals surface area (Å²) >= 11 is 0. The highest BCUT2D eigenvalue weighted by Crippen LogP contribution is 2.42. The van der Waals surface area contributed by atoms with Gasteiger partial charge in [-0.3, -0.25) is 0 Å². The molecule has 61 heavy (non-hydrogen) atoms. The molecule has 0 saturated carbocycles. The molecular formula is C58H40N2O. The van der Waals surface area contributed by atoms with Crippen molar-refractivity contribution in [2.24, 2.45) is 0 Å². The Morgan fingerprint density at radius 2 is 1.00 bits per heavy atom. The fraction of sp³-hybridized carbons (Fsp3) is 0.0345. The molecule has 9 aromatic carbocycles. The molecule has 0 bridgehead atoms. The summed E-state index contributed by atoms with van der Waals surface area (Å²) in [7, 11) is 0. The molecule has 1 aliphatic rings. The lowest BCUT2D eigenvalue weighted by Crippen LogP contribution is -2.10. The summed E-state index contributed by atoms with van der Waals surface area (Å²) in [4.78, 5) is 2.36. The Morgan fingerprint density at radius 3 is 1.80 bits per heavy atom. The number of allylic oxidation sites excluding steroid dienone is 1. The number of aryl methyl sites for hydroxylation is 1. The van der Waals surface area contributed by atoms with Crippen molar-refractivity contribution in [1.82, 2.24) is 4.57 Å². The third-order valence-corrected chi connectivity index (χ3v) is 12.5. The molecule has 0 spiro atoms. The maximum Gasteiger partial charge on any atom is 0.138 e. The molecule has 3 nitrogen and oxygen atoms in total. The summed E-state index contributed by atoms with van der Waals surface area (Å²) < 4.78 is 8.85. The molecule has 0 saturated heterocycles. The van der Waals surface area contributed by atoms with E-state index < -0.39 is 0 Å². The number of anilines is 3. The van der Waals surface area contributed by atoms with Gasteiger partial charge in [-0.15, -0.1) is 0 Å². The Labute approximate surface area is 354 Å². The first-order valence-corrected chi connectivity index (χ1v) is 21.1. The van der Waals surface area contributed by atoms with E-state index in [2.05, 4.69) is 228 Å². The second-order valence-corrected chi connectivity index (χ2v) is 16.0. The van der Waals surface area contributed by atoms with Crippen LogP contribution in [-0.2, 0) is 6.42 Å². The first-order valence-electron chi connectivity index (χ1n) is 21.1. The van der Waals surface area contributed by atoms with E-state index >= 15 is 0 Å². The lowest BCUT2D eigenvalue weighted by Gasteiger charge is -2.26. The topological polar surface area (TPSA) is 21.3 Å². The molecule has 0 atom stereocenters. The molecule has 1 aliphatic carbocycles. The van der Waals surface area contributed by atoms with E-state index in [1.807, 2.05) is 0 Å². The van der Waals surface area contributed by atoms with Crippen LogP contribution in [-0.4, -0.2) is 4.57 Å². The Morgan fingerprint density at radius 1 is 0.410 bits per heavy atom. The van der Waals surface area contributed by atoms with Crippen molar-refractivity contribution in [3.8, 4) is 27.9 Å². The van der Waals surface area contributed by atoms with Gasteiger partial charge < -0.3 is 13.9 Å². The van der Waals surface area contributed by atoms with E-state index in [4.69, 9.17) is 4.42 Å². The van der Waals surface area contributed by atoms with Gasteiger partial charge in [0.2, 0.25) is 0 Å². The third kappa shape index (κ3) is 6.05. The molecule has 0 unspecified atom stereocenters. The quantitative estimate of drug-likeness (QED) is 0.161. The molecule has 2 heterocycles. The molecule has 11 aromatic rings. The van der Waals surface area contributed by atoms with Crippen molar-refractivity contribution in [3.05, 3.63) is 235 Å². The van der Waals surface area contributed by atoms with Gasteiger partial charge in [-0.25, -0.2) is 0 Å². The standard InChI is InChI=1S/C58H40N2O/c1-2-11-39(12-3-1)41-21-31-48(32-22-41)60-55-19-8-6-15-51(55)54-38-45(28-36-56(54)60)42-23-29-46(30-24-42)59(49-35-25-40-13-4-5-14-44(40)37-49)47-33-26-43(27-34-47)50-17-10-18-53-52-16-7-9-20-57(52)61-58(50)53/h1-9,11-17,19-38H,10,18H2. The highest BCUT2D eigenvalue weighted by molar-refractivity contribution is 6.10. The number of benzene rings is 9. The zero-order valence-corrected chi connectivity index (χ0v) is 33.5. The Bertz CT molecular complexity index is 3440. The van der Waals surface area contributed by atoms with Crippen molar-refractivity contribution in [1.29, 1.82) is 0 Å². The second kappa shape index (κ2) is 14.4. The minimum Gasteiger partial charge on any atom is -0.456 e. The zero-order chi connectivity index (χ0) is 40.3. The molecule has 0 amide bonds. The van der Waals surface area contributed by atoms with Crippen LogP contribution in [0.3, 0.4) is 0 Å². The maximum absolute atomic E-state index is 6.47. The van der Waals surface area contributed by atoms with Crippen molar-refractivity contribution >= 4 is 66.2 Å². The van der Waals surface area contributed by atoms with Crippen LogP contribution in [0.25, 0.3) is 77.1 Å². The summed E-state index contributed by atoms with van der Waals surface area (Å²) in [5.74, 6) is 1.00. The average molecular weight is 781 g/mol.